The Bertz CT molecular complexity index is 2190. The first-order valence-electron chi connectivity index (χ1n) is 17.9. The van der Waals surface area contributed by atoms with Crippen LogP contribution in [-0.2, 0) is 20.1 Å². The Morgan fingerprint density at radius 1 is 0.667 bits per heavy atom. The van der Waals surface area contributed by atoms with Crippen molar-refractivity contribution in [1.29, 1.82) is 0 Å². The molecule has 0 atom stereocenters. The molecule has 4 heterocycles. The second-order valence-electron chi connectivity index (χ2n) is 13.8. The van der Waals surface area contributed by atoms with Gasteiger partial charge in [-0.3, -0.25) is 0 Å². The Labute approximate surface area is 317 Å². The summed E-state index contributed by atoms with van der Waals surface area (Å²) in [7, 11) is 0. The predicted octanol–water partition coefficient (Wildman–Crippen LogP) is 12.8. The van der Waals surface area contributed by atoms with Gasteiger partial charge in [-0.05, 0) is 95.8 Å². The van der Waals surface area contributed by atoms with Gasteiger partial charge in [0.25, 0.3) is 0 Å². The first-order valence-corrected chi connectivity index (χ1v) is 17.9. The fourth-order valence-electron chi connectivity index (χ4n) is 6.82. The number of furan rings is 1. The quantitative estimate of drug-likeness (QED) is 0.143. The number of nitrogens with zero attached hydrogens (tertiary/aromatic N) is 3. The fourth-order valence-corrected chi connectivity index (χ4v) is 6.82. The monoisotopic (exact) mass is 850 g/mol. The molecule has 4 aromatic heterocycles. The number of benzene rings is 3. The van der Waals surface area contributed by atoms with Gasteiger partial charge in [-0.25, -0.2) is 4.98 Å². The third kappa shape index (κ3) is 8.06. The summed E-state index contributed by atoms with van der Waals surface area (Å²) >= 11 is 0. The minimum absolute atomic E-state index is 0. The van der Waals surface area contributed by atoms with Gasteiger partial charge in [0.1, 0.15) is 0 Å². The van der Waals surface area contributed by atoms with Crippen LogP contribution in [0.25, 0.3) is 55.8 Å². The third-order valence-corrected chi connectivity index (χ3v) is 9.65. The average Bonchev–Trinajstić information content (AvgIpc) is 3.51. The second-order valence-corrected chi connectivity index (χ2v) is 13.8. The summed E-state index contributed by atoms with van der Waals surface area (Å²) in [5.74, 6) is 1.33. The van der Waals surface area contributed by atoms with Crippen LogP contribution in [-0.4, -0.2) is 15.0 Å². The van der Waals surface area contributed by atoms with Crippen molar-refractivity contribution in [3.63, 3.8) is 0 Å². The molecule has 0 saturated carbocycles. The van der Waals surface area contributed by atoms with Crippen LogP contribution in [0.1, 0.15) is 100.0 Å². The number of aromatic nitrogens is 3. The van der Waals surface area contributed by atoms with Crippen molar-refractivity contribution in [3.05, 3.63) is 137 Å². The van der Waals surface area contributed by atoms with Gasteiger partial charge < -0.3 is 14.4 Å². The van der Waals surface area contributed by atoms with E-state index in [-0.39, 0.29) is 20.1 Å². The predicted molar refractivity (Wildman–Crippen MR) is 209 cm³/mol. The number of rotatable bonds is 8. The first kappa shape index (κ1) is 37.8. The standard InChI is InChI=1S/C34H37N2O.C12H10N.Ir/c1-8-23(9-2)29-18-31(35-19-22(29)7)28-15-11-14-26-27-16-17-30(36-34(27)37-33(26)28)32-24(20(3)4)12-10-13-25(32)21(5)6;1-10-7-8-12(13-9-10)11-5-3-2-4-6-11;/h10-14,16-21,23H,8-9H2,1-7H3;2-5,7-9H,1H3;/q2*-1;. The molecule has 263 valence electrons. The fraction of sp³-hybridized carbons (Fsp3) is 0.283. The normalized spacial score (nSPS) is 11.3. The molecule has 4 nitrogen and oxygen atoms in total. The van der Waals surface area contributed by atoms with Crippen LogP contribution < -0.4 is 0 Å². The molecule has 0 fully saturated rings. The van der Waals surface area contributed by atoms with Crippen molar-refractivity contribution in [2.45, 2.75) is 86.0 Å². The third-order valence-electron chi connectivity index (χ3n) is 9.65. The van der Waals surface area contributed by atoms with Crippen molar-refractivity contribution < 1.29 is 24.5 Å². The number of pyridine rings is 3. The molecule has 0 bridgehead atoms. The Balaban J connectivity index is 0.000000302. The summed E-state index contributed by atoms with van der Waals surface area (Å²) in [4.78, 5) is 14.2. The van der Waals surface area contributed by atoms with Gasteiger partial charge in [-0.1, -0.05) is 88.9 Å². The van der Waals surface area contributed by atoms with E-state index in [0.717, 1.165) is 57.4 Å². The van der Waals surface area contributed by atoms with E-state index in [9.17, 15) is 0 Å². The maximum Gasteiger partial charge on any atom is 0.216 e. The largest absolute Gasteiger partial charge is 0.486 e. The molecular formula is C46H47IrN3O-2. The Kier molecular flexibility index (Phi) is 12.4. The Morgan fingerprint density at radius 2 is 1.37 bits per heavy atom. The number of aryl methyl sites for hydroxylation is 2. The molecule has 0 aliphatic heterocycles. The molecule has 0 amide bonds. The van der Waals surface area contributed by atoms with E-state index >= 15 is 0 Å². The maximum absolute atomic E-state index is 6.50. The van der Waals surface area contributed by atoms with Crippen LogP contribution in [0.5, 0.6) is 0 Å². The Hall–Kier alpha value is -4.44. The minimum Gasteiger partial charge on any atom is -0.486 e. The van der Waals surface area contributed by atoms with Gasteiger partial charge in [0, 0.05) is 43.4 Å². The molecule has 0 unspecified atom stereocenters. The smallest absolute Gasteiger partial charge is 0.216 e. The molecule has 0 saturated heterocycles. The number of hydrogen-bond acceptors (Lipinski definition) is 4. The van der Waals surface area contributed by atoms with E-state index in [0.29, 0.717) is 23.5 Å². The molecule has 0 aliphatic rings. The molecule has 5 heteroatoms. The molecular weight excluding hydrogens is 803 g/mol. The molecule has 1 radical (unpaired) electrons. The van der Waals surface area contributed by atoms with Crippen LogP contribution in [0, 0.1) is 26.0 Å². The van der Waals surface area contributed by atoms with E-state index in [2.05, 4.69) is 114 Å². The van der Waals surface area contributed by atoms with Gasteiger partial charge in [0.05, 0.1) is 11.3 Å². The van der Waals surface area contributed by atoms with Crippen molar-refractivity contribution in [1.82, 2.24) is 15.0 Å². The zero-order chi connectivity index (χ0) is 35.4. The SMILES string of the molecule is CCC(CC)c1cc(-c2[c-]ccc3c2oc2nc(-c4c(C(C)C)cccc4C(C)C)ccc23)ncc1C.Cc1ccc(-c2[c-]cccc2)nc1.[Ir]. The number of fused-ring (bicyclic) bond motifs is 3. The van der Waals surface area contributed by atoms with Crippen molar-refractivity contribution in [2.24, 2.45) is 0 Å². The van der Waals surface area contributed by atoms with E-state index in [1.807, 2.05) is 55.7 Å². The summed E-state index contributed by atoms with van der Waals surface area (Å²) in [6.07, 6.45) is 6.09. The van der Waals surface area contributed by atoms with Gasteiger partial charge in [-0.15, -0.1) is 54.1 Å². The van der Waals surface area contributed by atoms with Crippen molar-refractivity contribution in [3.8, 4) is 33.8 Å². The summed E-state index contributed by atoms with van der Waals surface area (Å²) in [6, 6.07) is 35.7. The topological polar surface area (TPSA) is 51.8 Å². The molecule has 0 spiro atoms. The first-order chi connectivity index (χ1) is 24.2. The minimum atomic E-state index is 0. The van der Waals surface area contributed by atoms with Crippen LogP contribution in [0.15, 0.2) is 102 Å². The second kappa shape index (κ2) is 16.7. The van der Waals surface area contributed by atoms with E-state index in [1.54, 1.807) is 0 Å². The zero-order valence-electron chi connectivity index (χ0n) is 31.0. The summed E-state index contributed by atoms with van der Waals surface area (Å²) in [5.41, 5.74) is 13.9. The summed E-state index contributed by atoms with van der Waals surface area (Å²) in [5, 5.41) is 2.07. The van der Waals surface area contributed by atoms with Crippen LogP contribution >= 0.6 is 0 Å². The molecule has 7 rings (SSSR count). The van der Waals surface area contributed by atoms with Crippen LogP contribution in [0.2, 0.25) is 0 Å². The van der Waals surface area contributed by atoms with Crippen LogP contribution in [0.4, 0.5) is 0 Å². The van der Waals surface area contributed by atoms with E-state index < -0.39 is 0 Å². The Morgan fingerprint density at radius 3 is 2.00 bits per heavy atom. The van der Waals surface area contributed by atoms with Gasteiger partial charge in [-0.2, -0.15) is 0 Å². The maximum atomic E-state index is 6.50. The van der Waals surface area contributed by atoms with E-state index in [4.69, 9.17) is 14.4 Å². The summed E-state index contributed by atoms with van der Waals surface area (Å²) < 4.78 is 6.50. The van der Waals surface area contributed by atoms with Gasteiger partial charge >= 0.3 is 0 Å². The van der Waals surface area contributed by atoms with E-state index in [1.165, 1.54) is 33.4 Å². The van der Waals surface area contributed by atoms with Crippen LogP contribution in [0.3, 0.4) is 0 Å². The summed E-state index contributed by atoms with van der Waals surface area (Å²) in [6.45, 7) is 17.7. The molecule has 0 N–H and O–H groups in total. The van der Waals surface area contributed by atoms with Gasteiger partial charge in [0.2, 0.25) is 5.71 Å². The van der Waals surface area contributed by atoms with Crippen molar-refractivity contribution >= 4 is 22.1 Å². The molecule has 7 aromatic rings. The number of hydrogen-bond donors (Lipinski definition) is 0. The zero-order valence-corrected chi connectivity index (χ0v) is 33.4. The molecule has 3 aromatic carbocycles. The molecule has 51 heavy (non-hydrogen) atoms. The molecule has 0 aliphatic carbocycles. The van der Waals surface area contributed by atoms with Crippen molar-refractivity contribution in [2.75, 3.05) is 0 Å². The van der Waals surface area contributed by atoms with Gasteiger partial charge in [0.15, 0.2) is 0 Å². The average molecular weight is 850 g/mol.